The number of hydrogen-bond donors (Lipinski definition) is 2. The Labute approximate surface area is 172 Å². The molecule has 2 unspecified atom stereocenters. The fraction of sp³-hybridized carbons (Fsp3) is 0.318. The summed E-state index contributed by atoms with van der Waals surface area (Å²) >= 11 is 0. The van der Waals surface area contributed by atoms with Gasteiger partial charge in [0.05, 0.1) is 24.2 Å². The molecule has 2 atom stereocenters. The Kier molecular flexibility index (Phi) is 4.65. The molecule has 0 bridgehead atoms. The standard InChI is InChI=1S/C22H24N2O4S/c1-12-9-18-20(15-5-7-16(25)8-6-15)17(10-19(26)27)14(3)21-22(18)24(12)13(2)11-23(21)29(4)28/h5-9,13,25H,10-11H2,1-4H3,(H,26,27). The first kappa shape index (κ1) is 19.5. The molecule has 0 radical (unpaired) electrons. The molecule has 6 nitrogen and oxygen atoms in total. The van der Waals surface area contributed by atoms with Crippen molar-refractivity contribution >= 4 is 33.5 Å². The van der Waals surface area contributed by atoms with Crippen molar-refractivity contribution in [1.82, 2.24) is 4.57 Å². The topological polar surface area (TPSA) is 82.8 Å². The predicted molar refractivity (Wildman–Crippen MR) is 116 cm³/mol. The van der Waals surface area contributed by atoms with Gasteiger partial charge in [0.15, 0.2) is 0 Å². The van der Waals surface area contributed by atoms with Gasteiger partial charge in [-0.15, -0.1) is 0 Å². The fourth-order valence-corrected chi connectivity index (χ4v) is 5.51. The molecule has 1 aliphatic rings. The third-order valence-electron chi connectivity index (χ3n) is 5.75. The van der Waals surface area contributed by atoms with Crippen molar-refractivity contribution in [2.75, 3.05) is 17.1 Å². The Morgan fingerprint density at radius 1 is 1.24 bits per heavy atom. The monoisotopic (exact) mass is 412 g/mol. The molecule has 1 aromatic heterocycles. The number of aromatic nitrogens is 1. The van der Waals surface area contributed by atoms with Gasteiger partial charge < -0.3 is 14.8 Å². The van der Waals surface area contributed by atoms with Crippen LogP contribution in [0.25, 0.3) is 22.0 Å². The van der Waals surface area contributed by atoms with E-state index in [1.807, 2.05) is 30.3 Å². The molecule has 2 N–H and O–H groups in total. The van der Waals surface area contributed by atoms with Gasteiger partial charge in [-0.25, -0.2) is 4.21 Å². The minimum absolute atomic E-state index is 0.130. The molecule has 152 valence electrons. The number of benzene rings is 2. The highest BCUT2D eigenvalue weighted by Gasteiger charge is 2.32. The zero-order valence-electron chi connectivity index (χ0n) is 16.9. The summed E-state index contributed by atoms with van der Waals surface area (Å²) in [5.41, 5.74) is 6.20. The highest BCUT2D eigenvalue weighted by Crippen LogP contribution is 2.47. The summed E-state index contributed by atoms with van der Waals surface area (Å²) < 4.78 is 16.7. The number of hydrogen-bond acceptors (Lipinski definition) is 3. The average molecular weight is 413 g/mol. The number of aromatic hydroxyl groups is 1. The van der Waals surface area contributed by atoms with E-state index in [9.17, 15) is 19.2 Å². The van der Waals surface area contributed by atoms with Crippen LogP contribution in [0.1, 0.15) is 29.8 Å². The largest absolute Gasteiger partial charge is 0.508 e. The first-order valence-corrected chi connectivity index (χ1v) is 11.0. The van der Waals surface area contributed by atoms with Crippen LogP contribution in [0, 0.1) is 13.8 Å². The van der Waals surface area contributed by atoms with Crippen LogP contribution in [0.5, 0.6) is 5.75 Å². The Bertz CT molecular complexity index is 1160. The first-order valence-electron chi connectivity index (χ1n) is 9.50. The van der Waals surface area contributed by atoms with Gasteiger partial charge in [0.25, 0.3) is 0 Å². The van der Waals surface area contributed by atoms with E-state index >= 15 is 0 Å². The highest BCUT2D eigenvalue weighted by molar-refractivity contribution is 7.85. The quantitative estimate of drug-likeness (QED) is 0.680. The van der Waals surface area contributed by atoms with Crippen molar-refractivity contribution in [2.24, 2.45) is 0 Å². The minimum atomic E-state index is -1.22. The van der Waals surface area contributed by atoms with E-state index in [0.29, 0.717) is 12.1 Å². The second kappa shape index (κ2) is 6.91. The Hall–Kier alpha value is -2.80. The van der Waals surface area contributed by atoms with Gasteiger partial charge in [-0.1, -0.05) is 12.1 Å². The second-order valence-corrected chi connectivity index (χ2v) is 8.98. The normalized spacial score (nSPS) is 17.0. The van der Waals surface area contributed by atoms with Crippen molar-refractivity contribution in [2.45, 2.75) is 33.2 Å². The maximum atomic E-state index is 12.6. The van der Waals surface area contributed by atoms with Gasteiger partial charge >= 0.3 is 5.97 Å². The predicted octanol–water partition coefficient (Wildman–Crippen LogP) is 3.93. The van der Waals surface area contributed by atoms with Gasteiger partial charge in [0.1, 0.15) is 16.7 Å². The van der Waals surface area contributed by atoms with E-state index < -0.39 is 17.0 Å². The lowest BCUT2D eigenvalue weighted by atomic mass is 9.89. The van der Waals surface area contributed by atoms with Crippen molar-refractivity contribution in [1.29, 1.82) is 0 Å². The van der Waals surface area contributed by atoms with E-state index in [1.165, 1.54) is 0 Å². The lowest BCUT2D eigenvalue weighted by Gasteiger charge is -2.35. The molecule has 0 saturated heterocycles. The van der Waals surface area contributed by atoms with Crippen molar-refractivity contribution in [3.63, 3.8) is 0 Å². The van der Waals surface area contributed by atoms with Crippen LogP contribution >= 0.6 is 0 Å². The minimum Gasteiger partial charge on any atom is -0.508 e. The molecular formula is C22H24N2O4S. The summed E-state index contributed by atoms with van der Waals surface area (Å²) in [5.74, 6) is -0.752. The van der Waals surface area contributed by atoms with Crippen LogP contribution in [0.3, 0.4) is 0 Å². The number of carbonyl (C=O) groups is 1. The molecule has 0 amide bonds. The van der Waals surface area contributed by atoms with Crippen LogP contribution in [0.2, 0.25) is 0 Å². The molecule has 3 aromatic rings. The third-order valence-corrected chi connectivity index (χ3v) is 6.70. The van der Waals surface area contributed by atoms with Gasteiger partial charge in [0.2, 0.25) is 0 Å². The third kappa shape index (κ3) is 3.00. The smallest absolute Gasteiger partial charge is 0.307 e. The summed E-state index contributed by atoms with van der Waals surface area (Å²) in [6, 6.07) is 9.07. The van der Waals surface area contributed by atoms with Crippen molar-refractivity contribution in [3.8, 4) is 16.9 Å². The highest BCUT2D eigenvalue weighted by atomic mass is 32.2. The zero-order valence-corrected chi connectivity index (χ0v) is 17.7. The van der Waals surface area contributed by atoms with Crippen LogP contribution < -0.4 is 4.31 Å². The molecule has 0 aliphatic carbocycles. The van der Waals surface area contributed by atoms with Gasteiger partial charge in [-0.3, -0.25) is 9.10 Å². The molecule has 2 heterocycles. The average Bonchev–Trinajstić information content (AvgIpc) is 2.99. The van der Waals surface area contributed by atoms with E-state index in [4.69, 9.17) is 0 Å². The molecule has 1 aliphatic heterocycles. The lowest BCUT2D eigenvalue weighted by molar-refractivity contribution is -0.136. The van der Waals surface area contributed by atoms with Gasteiger partial charge in [-0.05, 0) is 61.2 Å². The maximum Gasteiger partial charge on any atom is 0.307 e. The number of aryl methyl sites for hydroxylation is 1. The lowest BCUT2D eigenvalue weighted by Crippen LogP contribution is -2.36. The SMILES string of the molecule is Cc1c(CC(=O)O)c(-c2ccc(O)cc2)c2cc(C)n3c2c1N(S(C)=O)CC3C. The summed E-state index contributed by atoms with van der Waals surface area (Å²) in [4.78, 5) is 11.7. The van der Waals surface area contributed by atoms with E-state index in [-0.39, 0.29) is 18.2 Å². The van der Waals surface area contributed by atoms with E-state index in [0.717, 1.165) is 39.0 Å². The number of aliphatic carboxylic acids is 1. The van der Waals surface area contributed by atoms with Crippen LogP contribution in [0.15, 0.2) is 30.3 Å². The van der Waals surface area contributed by atoms with Crippen LogP contribution in [0.4, 0.5) is 5.69 Å². The number of phenolic OH excluding ortho intramolecular Hbond substituents is 1. The number of phenols is 1. The van der Waals surface area contributed by atoms with Gasteiger partial charge in [-0.2, -0.15) is 0 Å². The molecule has 29 heavy (non-hydrogen) atoms. The number of carboxylic acids is 1. The van der Waals surface area contributed by atoms with Crippen LogP contribution in [-0.2, 0) is 22.2 Å². The van der Waals surface area contributed by atoms with E-state index in [1.54, 1.807) is 18.4 Å². The summed E-state index contributed by atoms with van der Waals surface area (Å²) in [6.45, 7) is 6.67. The maximum absolute atomic E-state index is 12.6. The summed E-state index contributed by atoms with van der Waals surface area (Å²) in [6.07, 6.45) is 1.53. The Balaban J connectivity index is 2.18. The summed E-state index contributed by atoms with van der Waals surface area (Å²) in [7, 11) is -1.22. The number of carboxylic acid groups (broad SMARTS) is 1. The molecule has 7 heteroatoms. The number of nitrogens with zero attached hydrogens (tertiary/aromatic N) is 2. The number of rotatable bonds is 4. The molecule has 0 spiro atoms. The Morgan fingerprint density at radius 2 is 1.90 bits per heavy atom. The molecule has 4 rings (SSSR count). The Morgan fingerprint density at radius 3 is 2.48 bits per heavy atom. The van der Waals surface area contributed by atoms with Crippen molar-refractivity contribution < 1.29 is 19.2 Å². The van der Waals surface area contributed by atoms with Crippen LogP contribution in [-0.4, -0.2) is 37.8 Å². The summed E-state index contributed by atoms with van der Waals surface area (Å²) in [5, 5.41) is 20.3. The van der Waals surface area contributed by atoms with Gasteiger partial charge in [0, 0.05) is 23.4 Å². The second-order valence-electron chi connectivity index (χ2n) is 7.70. The van der Waals surface area contributed by atoms with Crippen molar-refractivity contribution in [3.05, 3.63) is 47.2 Å². The molecular weight excluding hydrogens is 388 g/mol. The fourth-order valence-electron chi connectivity index (χ4n) is 4.61. The first-order chi connectivity index (χ1) is 13.7. The molecule has 0 saturated carbocycles. The number of anilines is 1. The molecule has 0 fully saturated rings. The zero-order chi connectivity index (χ0) is 21.0. The molecule has 2 aromatic carbocycles. The van der Waals surface area contributed by atoms with E-state index in [2.05, 4.69) is 17.6 Å².